The Hall–Kier alpha value is -3.06. The Bertz CT molecular complexity index is 1070. The van der Waals surface area contributed by atoms with E-state index in [0.717, 1.165) is 16.6 Å². The highest BCUT2D eigenvalue weighted by molar-refractivity contribution is 5.92. The van der Waals surface area contributed by atoms with Gasteiger partial charge in [0.05, 0.1) is 30.4 Å². The van der Waals surface area contributed by atoms with Crippen LogP contribution in [0.25, 0.3) is 10.9 Å². The van der Waals surface area contributed by atoms with Gasteiger partial charge in [-0.25, -0.2) is 15.4 Å². The first-order valence-corrected chi connectivity index (χ1v) is 9.35. The first kappa shape index (κ1) is 18.3. The van der Waals surface area contributed by atoms with Crippen LogP contribution < -0.4 is 20.9 Å². The predicted octanol–water partition coefficient (Wildman–Crippen LogP) is 4.13. The predicted molar refractivity (Wildman–Crippen MR) is 111 cm³/mol. The van der Waals surface area contributed by atoms with E-state index in [0.29, 0.717) is 17.4 Å². The highest BCUT2D eigenvalue weighted by Crippen LogP contribution is 2.38. The van der Waals surface area contributed by atoms with Crippen LogP contribution >= 0.6 is 0 Å². The Morgan fingerprint density at radius 2 is 1.96 bits per heavy atom. The first-order valence-electron chi connectivity index (χ1n) is 9.35. The number of hydrogen-bond donors (Lipinski definition) is 4. The number of phenols is 1. The average molecular weight is 379 g/mol. The molecule has 1 aromatic heterocycles. The SMILES string of the molecule is COc1cc2nc(C)nc(NC(C)c3cc(C)cc4c3C(C)NN4)c2cc1O. The Balaban J connectivity index is 1.78. The van der Waals surface area contributed by atoms with Crippen molar-refractivity contribution in [2.45, 2.75) is 39.8 Å². The van der Waals surface area contributed by atoms with E-state index in [-0.39, 0.29) is 17.8 Å². The standard InChI is InChI=1S/C21H25N5O2/c1-10-6-14(20-12(3)25-26-17(20)7-10)11(2)22-21-15-8-18(27)19(28-5)9-16(15)23-13(4)24-21/h6-9,11-12,25-27H,1-5H3,(H,22,23,24). The smallest absolute Gasteiger partial charge is 0.162 e. The highest BCUT2D eigenvalue weighted by atomic mass is 16.5. The second-order valence-corrected chi connectivity index (χ2v) is 7.33. The molecule has 7 heteroatoms. The molecule has 1 aliphatic rings. The van der Waals surface area contributed by atoms with Crippen molar-refractivity contribution in [2.24, 2.45) is 0 Å². The number of nitrogens with one attached hydrogen (secondary N) is 3. The summed E-state index contributed by atoms with van der Waals surface area (Å²) in [7, 11) is 1.53. The number of aromatic hydroxyl groups is 1. The molecule has 0 fully saturated rings. The molecule has 146 valence electrons. The van der Waals surface area contributed by atoms with E-state index in [1.54, 1.807) is 12.1 Å². The van der Waals surface area contributed by atoms with Crippen molar-refractivity contribution in [3.8, 4) is 11.5 Å². The van der Waals surface area contributed by atoms with Gasteiger partial charge in [-0.3, -0.25) is 0 Å². The quantitative estimate of drug-likeness (QED) is 0.542. The van der Waals surface area contributed by atoms with Crippen molar-refractivity contribution in [1.29, 1.82) is 0 Å². The monoisotopic (exact) mass is 379 g/mol. The normalized spacial score (nSPS) is 16.5. The van der Waals surface area contributed by atoms with E-state index in [2.05, 4.69) is 59.0 Å². The van der Waals surface area contributed by atoms with Crippen LogP contribution in [0.3, 0.4) is 0 Å². The zero-order valence-corrected chi connectivity index (χ0v) is 16.7. The van der Waals surface area contributed by atoms with Gasteiger partial charge in [-0.15, -0.1) is 0 Å². The molecule has 2 unspecified atom stereocenters. The van der Waals surface area contributed by atoms with Gasteiger partial charge >= 0.3 is 0 Å². The molecule has 0 amide bonds. The van der Waals surface area contributed by atoms with Crippen molar-refractivity contribution in [3.05, 3.63) is 46.8 Å². The average Bonchev–Trinajstić information content (AvgIpc) is 3.01. The zero-order chi connectivity index (χ0) is 20.0. The lowest BCUT2D eigenvalue weighted by Gasteiger charge is -2.21. The van der Waals surface area contributed by atoms with Crippen molar-refractivity contribution < 1.29 is 9.84 Å². The van der Waals surface area contributed by atoms with Gasteiger partial charge in [-0.05, 0) is 51.0 Å². The first-order chi connectivity index (χ1) is 13.4. The van der Waals surface area contributed by atoms with Crippen molar-refractivity contribution in [3.63, 3.8) is 0 Å². The lowest BCUT2D eigenvalue weighted by atomic mass is 9.94. The summed E-state index contributed by atoms with van der Waals surface area (Å²) in [6.07, 6.45) is 0. The number of fused-ring (bicyclic) bond motifs is 2. The third-order valence-electron chi connectivity index (χ3n) is 5.14. The lowest BCUT2D eigenvalue weighted by molar-refractivity contribution is 0.374. The minimum absolute atomic E-state index is 0.0135. The summed E-state index contributed by atoms with van der Waals surface area (Å²) in [4.78, 5) is 9.08. The number of methoxy groups -OCH3 is 1. The van der Waals surface area contributed by atoms with Gasteiger partial charge in [0.25, 0.3) is 0 Å². The van der Waals surface area contributed by atoms with Crippen LogP contribution in [0.15, 0.2) is 24.3 Å². The zero-order valence-electron chi connectivity index (χ0n) is 16.7. The van der Waals surface area contributed by atoms with Crippen LogP contribution in [-0.4, -0.2) is 22.2 Å². The van der Waals surface area contributed by atoms with E-state index < -0.39 is 0 Å². The Kier molecular flexibility index (Phi) is 4.47. The number of benzene rings is 2. The molecule has 2 heterocycles. The van der Waals surface area contributed by atoms with Gasteiger partial charge < -0.3 is 20.6 Å². The number of hydrogen-bond acceptors (Lipinski definition) is 7. The highest BCUT2D eigenvalue weighted by Gasteiger charge is 2.25. The molecule has 4 N–H and O–H groups in total. The number of phenolic OH excluding ortho intramolecular Hbond substituents is 1. The van der Waals surface area contributed by atoms with Gasteiger partial charge in [0.15, 0.2) is 11.5 Å². The summed E-state index contributed by atoms with van der Waals surface area (Å²) < 4.78 is 5.21. The fraction of sp³-hybridized carbons (Fsp3) is 0.333. The molecule has 7 nitrogen and oxygen atoms in total. The number of hydrazine groups is 1. The van der Waals surface area contributed by atoms with Crippen LogP contribution in [0.4, 0.5) is 11.5 Å². The number of rotatable bonds is 4. The third-order valence-corrected chi connectivity index (χ3v) is 5.14. The summed E-state index contributed by atoms with van der Waals surface area (Å²) in [6, 6.07) is 7.96. The molecule has 0 radical (unpaired) electrons. The van der Waals surface area contributed by atoms with E-state index in [4.69, 9.17) is 4.74 Å². The summed E-state index contributed by atoms with van der Waals surface area (Å²) in [5, 5.41) is 14.5. The maximum absolute atomic E-state index is 10.2. The van der Waals surface area contributed by atoms with Crippen LogP contribution in [-0.2, 0) is 0 Å². The number of nitrogens with zero attached hydrogens (tertiary/aromatic N) is 2. The minimum atomic E-state index is 0.0135. The molecule has 0 saturated heterocycles. The summed E-state index contributed by atoms with van der Waals surface area (Å²) in [5.41, 5.74) is 12.0. The fourth-order valence-corrected chi connectivity index (χ4v) is 3.85. The second kappa shape index (κ2) is 6.83. The van der Waals surface area contributed by atoms with Gasteiger partial charge in [0.1, 0.15) is 11.6 Å². The molecule has 2 aromatic carbocycles. The summed E-state index contributed by atoms with van der Waals surface area (Å²) >= 11 is 0. The Morgan fingerprint density at radius 3 is 2.71 bits per heavy atom. The van der Waals surface area contributed by atoms with Gasteiger partial charge in [-0.2, -0.15) is 0 Å². The molecular formula is C21H25N5O2. The Labute approximate surface area is 164 Å². The topological polar surface area (TPSA) is 91.3 Å². The van der Waals surface area contributed by atoms with Crippen molar-refractivity contribution in [1.82, 2.24) is 15.4 Å². The maximum Gasteiger partial charge on any atom is 0.162 e. The molecule has 0 bridgehead atoms. The molecule has 0 spiro atoms. The Morgan fingerprint density at radius 1 is 1.18 bits per heavy atom. The second-order valence-electron chi connectivity index (χ2n) is 7.33. The van der Waals surface area contributed by atoms with E-state index in [1.807, 2.05) is 6.92 Å². The summed E-state index contributed by atoms with van der Waals surface area (Å²) in [5.74, 6) is 1.81. The maximum atomic E-state index is 10.2. The van der Waals surface area contributed by atoms with Crippen molar-refractivity contribution in [2.75, 3.05) is 17.9 Å². The molecule has 1 aliphatic heterocycles. The number of anilines is 2. The van der Waals surface area contributed by atoms with Gasteiger partial charge in [-0.1, -0.05) is 6.07 Å². The third kappa shape index (κ3) is 3.07. The fourth-order valence-electron chi connectivity index (χ4n) is 3.85. The van der Waals surface area contributed by atoms with Crippen LogP contribution in [0.5, 0.6) is 11.5 Å². The van der Waals surface area contributed by atoms with Crippen LogP contribution in [0, 0.1) is 13.8 Å². The van der Waals surface area contributed by atoms with E-state index >= 15 is 0 Å². The van der Waals surface area contributed by atoms with Crippen LogP contribution in [0.1, 0.15) is 48.4 Å². The lowest BCUT2D eigenvalue weighted by Crippen LogP contribution is -2.17. The molecular weight excluding hydrogens is 354 g/mol. The minimum Gasteiger partial charge on any atom is -0.504 e. The number of ether oxygens (including phenoxy) is 1. The molecule has 3 aromatic rings. The van der Waals surface area contributed by atoms with Gasteiger partial charge in [0, 0.05) is 17.0 Å². The molecule has 2 atom stereocenters. The number of aryl methyl sites for hydroxylation is 2. The van der Waals surface area contributed by atoms with Crippen molar-refractivity contribution >= 4 is 22.4 Å². The van der Waals surface area contributed by atoms with E-state index in [1.165, 1.54) is 23.8 Å². The van der Waals surface area contributed by atoms with E-state index in [9.17, 15) is 5.11 Å². The molecule has 0 saturated carbocycles. The molecule has 0 aliphatic carbocycles. The van der Waals surface area contributed by atoms with Crippen LogP contribution in [0.2, 0.25) is 0 Å². The molecule has 28 heavy (non-hydrogen) atoms. The summed E-state index contributed by atoms with van der Waals surface area (Å²) in [6.45, 7) is 8.20. The largest absolute Gasteiger partial charge is 0.504 e. The number of aromatic nitrogens is 2. The van der Waals surface area contributed by atoms with Gasteiger partial charge in [0.2, 0.25) is 0 Å². The molecule has 4 rings (SSSR count).